The normalized spacial score (nSPS) is 12.2. The molecule has 16 rings (SSSR count). The molecule has 0 saturated heterocycles. The summed E-state index contributed by atoms with van der Waals surface area (Å²) in [5.41, 5.74) is 11.2. The first kappa shape index (κ1) is 40.0. The molecule has 0 bridgehead atoms. The smallest absolute Gasteiger partial charge is 0.145 e. The van der Waals surface area contributed by atoms with Gasteiger partial charge in [0.15, 0.2) is 0 Å². The van der Waals surface area contributed by atoms with Gasteiger partial charge in [0.2, 0.25) is 0 Å². The predicted octanol–water partition coefficient (Wildman–Crippen LogP) is 17.8. The number of para-hydroxylation sites is 3. The number of thiophene rings is 3. The second-order valence-electron chi connectivity index (χ2n) is 18.3. The lowest BCUT2D eigenvalue weighted by molar-refractivity contribution is 1.10. The zero-order chi connectivity index (χ0) is 47.0. The van der Waals surface area contributed by atoms with Gasteiger partial charge < -0.3 is 0 Å². The zero-order valence-electron chi connectivity index (χ0n) is 38.2. The van der Waals surface area contributed by atoms with Gasteiger partial charge in [0.25, 0.3) is 0 Å². The van der Waals surface area contributed by atoms with Gasteiger partial charge in [-0.1, -0.05) is 109 Å². The van der Waals surface area contributed by atoms with Crippen LogP contribution in [0.2, 0.25) is 0 Å². The number of hydrogen-bond acceptors (Lipinski definition) is 6. The Morgan fingerprint density at radius 1 is 0.250 bits per heavy atom. The van der Waals surface area contributed by atoms with E-state index < -0.39 is 0 Å². The van der Waals surface area contributed by atoms with E-state index in [2.05, 4.69) is 232 Å². The van der Waals surface area contributed by atoms with Gasteiger partial charge in [0, 0.05) is 94.3 Å². The monoisotopic (exact) mass is 972 g/mol. The third-order valence-corrected chi connectivity index (χ3v) is 17.7. The van der Waals surface area contributed by atoms with Gasteiger partial charge in [-0.05, 0) is 109 Å². The topological polar surface area (TPSA) is 53.5 Å². The molecule has 16 aromatic rings. The zero-order valence-corrected chi connectivity index (χ0v) is 40.6. The quantitative estimate of drug-likeness (QED) is 0.167. The minimum Gasteiger partial charge on any atom is -0.290 e. The summed E-state index contributed by atoms with van der Waals surface area (Å²) in [7, 11) is 0. The molecule has 0 spiro atoms. The average molecular weight is 973 g/mol. The summed E-state index contributed by atoms with van der Waals surface area (Å²) in [4.78, 5) is 17.7. The van der Waals surface area contributed by atoms with Crippen molar-refractivity contribution in [1.82, 2.24) is 28.7 Å². The highest BCUT2D eigenvalue weighted by Gasteiger charge is 2.31. The second kappa shape index (κ2) is 15.4. The molecular weight excluding hydrogens is 937 g/mol. The first-order chi connectivity index (χ1) is 35.7. The number of aromatic nitrogens is 6. The molecule has 72 heavy (non-hydrogen) atoms. The molecule has 0 radical (unpaired) electrons. The van der Waals surface area contributed by atoms with Crippen molar-refractivity contribution in [1.29, 1.82) is 0 Å². The standard InChI is InChI=1S/C63H36N6S3/c1-4-16-40(17-5-1)67-58-55(64-61(67)37-28-31-52-46(34-37)43-22-10-13-25-49(43)70-52)59-57(66-63(68(59)41-18-6-2-7-19-41)39-30-33-54-48(36-39)45-24-12-15-27-51(45)72-54)60-56(58)65-62(69(60)42-20-8-3-9-21-42)38-29-32-53-47(35-38)44-23-11-14-26-50(44)71-53/h1-36H. The van der Waals surface area contributed by atoms with Gasteiger partial charge in [-0.25, -0.2) is 15.0 Å². The highest BCUT2D eigenvalue weighted by molar-refractivity contribution is 7.26. The van der Waals surface area contributed by atoms with Crippen LogP contribution in [0.4, 0.5) is 0 Å². The number of imidazole rings is 3. The number of fused-ring (bicyclic) bond motifs is 15. The van der Waals surface area contributed by atoms with Crippen LogP contribution in [0, 0.1) is 0 Å². The van der Waals surface area contributed by atoms with Crippen molar-refractivity contribution in [2.75, 3.05) is 0 Å². The SMILES string of the molecule is c1ccc(-n2c(-c3ccc4sc5ccccc5c4c3)nc3c2c2nc(-c4ccc5sc6ccccc6c5c4)n(-c4ccccc4)c2c2nc(-c4ccc5sc6ccccc6c5c4)n(-c4ccccc4)c32)cc1. The summed E-state index contributed by atoms with van der Waals surface area (Å²) in [5, 5.41) is 7.39. The van der Waals surface area contributed by atoms with E-state index in [1.54, 1.807) is 0 Å². The summed E-state index contributed by atoms with van der Waals surface area (Å²) in [5.74, 6) is 2.49. The van der Waals surface area contributed by atoms with Crippen molar-refractivity contribution in [2.45, 2.75) is 0 Å². The van der Waals surface area contributed by atoms with E-state index in [1.807, 2.05) is 34.0 Å². The molecule has 6 heterocycles. The first-order valence-electron chi connectivity index (χ1n) is 24.0. The second-order valence-corrected chi connectivity index (χ2v) is 21.6. The molecule has 10 aromatic carbocycles. The fraction of sp³-hybridized carbons (Fsp3) is 0. The lowest BCUT2D eigenvalue weighted by atomic mass is 10.1. The molecule has 0 atom stereocenters. The van der Waals surface area contributed by atoms with E-state index in [1.165, 1.54) is 60.5 Å². The Hall–Kier alpha value is -8.73. The van der Waals surface area contributed by atoms with Crippen molar-refractivity contribution in [3.05, 3.63) is 218 Å². The Bertz CT molecular complexity index is 4340. The molecule has 0 amide bonds. The van der Waals surface area contributed by atoms with Gasteiger partial charge in [-0.2, -0.15) is 0 Å². The van der Waals surface area contributed by atoms with Crippen LogP contribution >= 0.6 is 34.0 Å². The van der Waals surface area contributed by atoms with Crippen LogP contribution in [-0.2, 0) is 0 Å². The van der Waals surface area contributed by atoms with Crippen LogP contribution in [0.15, 0.2) is 218 Å². The largest absolute Gasteiger partial charge is 0.290 e. The van der Waals surface area contributed by atoms with E-state index in [0.717, 1.165) is 84.3 Å². The summed E-state index contributed by atoms with van der Waals surface area (Å²) < 4.78 is 14.6. The van der Waals surface area contributed by atoms with Gasteiger partial charge in [-0.15, -0.1) is 34.0 Å². The van der Waals surface area contributed by atoms with Crippen LogP contribution in [0.3, 0.4) is 0 Å². The van der Waals surface area contributed by atoms with Crippen molar-refractivity contribution in [3.8, 4) is 51.2 Å². The molecule has 0 aliphatic heterocycles. The Morgan fingerprint density at radius 2 is 0.514 bits per heavy atom. The number of rotatable bonds is 6. The van der Waals surface area contributed by atoms with Crippen LogP contribution in [0.25, 0.3) is 145 Å². The van der Waals surface area contributed by atoms with E-state index in [4.69, 9.17) is 15.0 Å². The molecule has 0 unspecified atom stereocenters. The maximum atomic E-state index is 5.90. The van der Waals surface area contributed by atoms with E-state index >= 15 is 0 Å². The Kier molecular flexibility index (Phi) is 8.56. The van der Waals surface area contributed by atoms with Crippen molar-refractivity contribution in [3.63, 3.8) is 0 Å². The number of nitrogens with zero attached hydrogens (tertiary/aromatic N) is 6. The van der Waals surface area contributed by atoms with Crippen molar-refractivity contribution >= 4 is 128 Å². The Labute approximate surface area is 423 Å². The first-order valence-corrected chi connectivity index (χ1v) is 26.5. The molecule has 6 nitrogen and oxygen atoms in total. The fourth-order valence-electron chi connectivity index (χ4n) is 11.1. The van der Waals surface area contributed by atoms with Gasteiger partial charge in [0.1, 0.15) is 50.6 Å². The van der Waals surface area contributed by atoms with E-state index in [0.29, 0.717) is 0 Å². The maximum absolute atomic E-state index is 5.90. The minimum absolute atomic E-state index is 0.819. The van der Waals surface area contributed by atoms with Crippen molar-refractivity contribution < 1.29 is 0 Å². The molecule has 0 aliphatic carbocycles. The summed E-state index contributed by atoms with van der Waals surface area (Å²) >= 11 is 5.48. The van der Waals surface area contributed by atoms with Gasteiger partial charge in [-0.3, -0.25) is 13.7 Å². The molecule has 0 saturated carbocycles. The predicted molar refractivity (Wildman–Crippen MR) is 305 cm³/mol. The van der Waals surface area contributed by atoms with E-state index in [9.17, 15) is 0 Å². The molecule has 336 valence electrons. The average Bonchev–Trinajstić information content (AvgIpc) is 4.31. The molecule has 0 fully saturated rings. The highest BCUT2D eigenvalue weighted by Crippen LogP contribution is 2.47. The van der Waals surface area contributed by atoms with Gasteiger partial charge >= 0.3 is 0 Å². The number of hydrogen-bond donors (Lipinski definition) is 0. The third kappa shape index (κ3) is 5.84. The van der Waals surface area contributed by atoms with E-state index in [-0.39, 0.29) is 0 Å². The Morgan fingerprint density at radius 3 is 0.819 bits per heavy atom. The third-order valence-electron chi connectivity index (χ3n) is 14.3. The summed E-state index contributed by atoms with van der Waals surface area (Å²) in [6, 6.07) is 78.6. The lowest BCUT2D eigenvalue weighted by Gasteiger charge is -2.12. The van der Waals surface area contributed by atoms with Crippen LogP contribution < -0.4 is 0 Å². The highest BCUT2D eigenvalue weighted by atomic mass is 32.1. The fourth-order valence-corrected chi connectivity index (χ4v) is 14.3. The van der Waals surface area contributed by atoms with Gasteiger partial charge in [0.05, 0.1) is 0 Å². The lowest BCUT2D eigenvalue weighted by Crippen LogP contribution is -2.00. The summed E-state index contributed by atoms with van der Waals surface area (Å²) in [6.45, 7) is 0. The minimum atomic E-state index is 0.819. The maximum Gasteiger partial charge on any atom is 0.145 e. The van der Waals surface area contributed by atoms with Crippen LogP contribution in [-0.4, -0.2) is 28.7 Å². The molecular formula is C63H36N6S3. The van der Waals surface area contributed by atoms with Crippen LogP contribution in [0.5, 0.6) is 0 Å². The number of benzene rings is 10. The Balaban J connectivity index is 1.11. The molecule has 6 aromatic heterocycles. The molecule has 9 heteroatoms. The molecule has 0 N–H and O–H groups in total. The molecule has 0 aliphatic rings. The summed E-state index contributed by atoms with van der Waals surface area (Å²) in [6.07, 6.45) is 0. The van der Waals surface area contributed by atoms with Crippen LogP contribution in [0.1, 0.15) is 0 Å². The van der Waals surface area contributed by atoms with Crippen molar-refractivity contribution in [2.24, 2.45) is 0 Å².